The highest BCUT2D eigenvalue weighted by molar-refractivity contribution is 5.76. The number of rotatable bonds is 4. The Hall–Kier alpha value is -2.96. The van der Waals surface area contributed by atoms with Gasteiger partial charge in [-0.05, 0) is 18.4 Å². The molecule has 1 amide bonds. The maximum atomic E-state index is 13.0. The molecule has 1 aliphatic rings. The monoisotopic (exact) mass is 364 g/mol. The zero-order valence-corrected chi connectivity index (χ0v) is 15.9. The number of carbonyl (C=O) groups is 1. The maximum Gasteiger partial charge on any atom is 0.244 e. The van der Waals surface area contributed by atoms with Gasteiger partial charge in [0.25, 0.3) is 0 Å². The number of aryl methyl sites for hydroxylation is 1. The van der Waals surface area contributed by atoms with Crippen LogP contribution in [0.3, 0.4) is 0 Å². The smallest absolute Gasteiger partial charge is 0.244 e. The van der Waals surface area contributed by atoms with E-state index < -0.39 is 0 Å². The first-order chi connectivity index (χ1) is 13.0. The number of nitrogens with zero attached hydrogens (tertiary/aromatic N) is 6. The largest absolute Gasteiger partial charge is 0.329 e. The van der Waals surface area contributed by atoms with E-state index in [-0.39, 0.29) is 24.4 Å². The Labute approximate surface area is 158 Å². The molecule has 0 bridgehead atoms. The second-order valence-electron chi connectivity index (χ2n) is 7.37. The van der Waals surface area contributed by atoms with Gasteiger partial charge in [-0.2, -0.15) is 10.2 Å². The van der Waals surface area contributed by atoms with Crippen LogP contribution in [0, 0.1) is 12.8 Å². The highest BCUT2D eigenvalue weighted by Gasteiger charge is 2.35. The standard InChI is InChI=1S/C20H24N6O/c1-14(2)18-20-22-19(16-7-5-4-6-8-16)23-26(20)10-9-25(18)17(27)13-24-12-15(3)11-21-24/h4-8,11-12,14,18H,9-10,13H2,1-3H3/t18-/m0/s1. The van der Waals surface area contributed by atoms with Crippen molar-refractivity contribution in [3.05, 3.63) is 54.1 Å². The van der Waals surface area contributed by atoms with Crippen LogP contribution in [-0.4, -0.2) is 41.9 Å². The summed E-state index contributed by atoms with van der Waals surface area (Å²) in [5.41, 5.74) is 2.04. The predicted octanol–water partition coefficient (Wildman–Crippen LogP) is 2.69. The van der Waals surface area contributed by atoms with E-state index in [0.29, 0.717) is 18.9 Å². The van der Waals surface area contributed by atoms with Gasteiger partial charge >= 0.3 is 0 Å². The summed E-state index contributed by atoms with van der Waals surface area (Å²) >= 11 is 0. The predicted molar refractivity (Wildman–Crippen MR) is 102 cm³/mol. The number of fused-ring (bicyclic) bond motifs is 1. The first kappa shape index (κ1) is 17.5. The SMILES string of the molecule is Cc1cnn(CC(=O)N2CCn3nc(-c4ccccc4)nc3[C@@H]2C(C)C)c1. The van der Waals surface area contributed by atoms with Crippen molar-refractivity contribution < 1.29 is 4.79 Å². The fourth-order valence-corrected chi connectivity index (χ4v) is 3.65. The molecule has 27 heavy (non-hydrogen) atoms. The van der Waals surface area contributed by atoms with Crippen LogP contribution in [0.5, 0.6) is 0 Å². The summed E-state index contributed by atoms with van der Waals surface area (Å²) in [5, 5.41) is 8.93. The highest BCUT2D eigenvalue weighted by Crippen LogP contribution is 2.32. The van der Waals surface area contributed by atoms with Gasteiger partial charge in [0, 0.05) is 18.3 Å². The Kier molecular flexibility index (Phi) is 4.51. The van der Waals surface area contributed by atoms with Crippen molar-refractivity contribution in [3.8, 4) is 11.4 Å². The van der Waals surface area contributed by atoms with E-state index in [9.17, 15) is 4.79 Å². The molecular formula is C20H24N6O. The van der Waals surface area contributed by atoms with Gasteiger partial charge in [0.1, 0.15) is 6.54 Å². The van der Waals surface area contributed by atoms with Crippen molar-refractivity contribution in [1.29, 1.82) is 0 Å². The summed E-state index contributed by atoms with van der Waals surface area (Å²) in [6, 6.07) is 9.87. The van der Waals surface area contributed by atoms with Crippen LogP contribution in [-0.2, 0) is 17.9 Å². The summed E-state index contributed by atoms with van der Waals surface area (Å²) in [6.07, 6.45) is 3.66. The summed E-state index contributed by atoms with van der Waals surface area (Å²) in [7, 11) is 0. The molecular weight excluding hydrogens is 340 g/mol. The number of amides is 1. The van der Waals surface area contributed by atoms with Gasteiger partial charge in [-0.15, -0.1) is 0 Å². The van der Waals surface area contributed by atoms with Gasteiger partial charge < -0.3 is 4.90 Å². The van der Waals surface area contributed by atoms with Crippen molar-refractivity contribution in [2.75, 3.05) is 6.54 Å². The number of hydrogen-bond donors (Lipinski definition) is 0. The molecule has 0 fully saturated rings. The molecule has 1 aliphatic heterocycles. The van der Waals surface area contributed by atoms with E-state index in [1.54, 1.807) is 10.9 Å². The molecule has 7 heteroatoms. The minimum atomic E-state index is -0.0899. The fraction of sp³-hybridized carbons (Fsp3) is 0.400. The fourth-order valence-electron chi connectivity index (χ4n) is 3.65. The third-order valence-electron chi connectivity index (χ3n) is 4.90. The van der Waals surface area contributed by atoms with Gasteiger partial charge in [-0.25, -0.2) is 9.67 Å². The lowest BCUT2D eigenvalue weighted by molar-refractivity contribution is -0.137. The van der Waals surface area contributed by atoms with Gasteiger partial charge in [0.2, 0.25) is 5.91 Å². The lowest BCUT2D eigenvalue weighted by Gasteiger charge is -2.37. The van der Waals surface area contributed by atoms with Crippen LogP contribution in [0.25, 0.3) is 11.4 Å². The third-order valence-corrected chi connectivity index (χ3v) is 4.90. The van der Waals surface area contributed by atoms with Gasteiger partial charge in [-0.3, -0.25) is 9.48 Å². The van der Waals surface area contributed by atoms with Crippen LogP contribution in [0.1, 0.15) is 31.3 Å². The summed E-state index contributed by atoms with van der Waals surface area (Å²) in [4.78, 5) is 19.7. The summed E-state index contributed by atoms with van der Waals surface area (Å²) in [5.74, 6) is 1.88. The molecule has 0 saturated heterocycles. The zero-order chi connectivity index (χ0) is 19.0. The number of aromatic nitrogens is 5. The summed E-state index contributed by atoms with van der Waals surface area (Å²) < 4.78 is 3.65. The van der Waals surface area contributed by atoms with Crippen LogP contribution in [0.2, 0.25) is 0 Å². The van der Waals surface area contributed by atoms with Gasteiger partial charge in [0.15, 0.2) is 11.6 Å². The van der Waals surface area contributed by atoms with Crippen molar-refractivity contribution in [2.45, 2.75) is 39.9 Å². The number of carbonyl (C=O) groups excluding carboxylic acids is 1. The zero-order valence-electron chi connectivity index (χ0n) is 15.9. The van der Waals surface area contributed by atoms with E-state index in [0.717, 1.165) is 17.0 Å². The Bertz CT molecular complexity index is 943. The van der Waals surface area contributed by atoms with Crippen molar-refractivity contribution >= 4 is 5.91 Å². The van der Waals surface area contributed by atoms with Crippen LogP contribution < -0.4 is 0 Å². The van der Waals surface area contributed by atoms with Crippen LogP contribution >= 0.6 is 0 Å². The second kappa shape index (κ2) is 6.98. The molecule has 1 atom stereocenters. The molecule has 3 aromatic rings. The molecule has 140 valence electrons. The second-order valence-corrected chi connectivity index (χ2v) is 7.37. The number of hydrogen-bond acceptors (Lipinski definition) is 4. The first-order valence-corrected chi connectivity index (χ1v) is 9.31. The normalized spacial score (nSPS) is 16.6. The van der Waals surface area contributed by atoms with E-state index in [4.69, 9.17) is 4.98 Å². The van der Waals surface area contributed by atoms with Crippen molar-refractivity contribution in [3.63, 3.8) is 0 Å². The molecule has 0 spiro atoms. The van der Waals surface area contributed by atoms with Crippen LogP contribution in [0.15, 0.2) is 42.7 Å². The Morgan fingerprint density at radius 2 is 2.00 bits per heavy atom. The minimum absolute atomic E-state index is 0.0623. The lowest BCUT2D eigenvalue weighted by atomic mass is 9.99. The average Bonchev–Trinajstić information content (AvgIpc) is 3.27. The molecule has 0 saturated carbocycles. The lowest BCUT2D eigenvalue weighted by Crippen LogP contribution is -2.45. The molecule has 0 radical (unpaired) electrons. The average molecular weight is 364 g/mol. The third kappa shape index (κ3) is 3.37. The molecule has 1 aromatic carbocycles. The Balaban J connectivity index is 1.63. The Morgan fingerprint density at radius 3 is 2.67 bits per heavy atom. The topological polar surface area (TPSA) is 68.8 Å². The molecule has 0 aliphatic carbocycles. The van der Waals surface area contributed by atoms with E-state index in [1.165, 1.54) is 0 Å². The molecule has 2 aromatic heterocycles. The molecule has 7 nitrogen and oxygen atoms in total. The minimum Gasteiger partial charge on any atom is -0.329 e. The van der Waals surface area contributed by atoms with Gasteiger partial charge in [0.05, 0.1) is 18.8 Å². The van der Waals surface area contributed by atoms with Crippen molar-refractivity contribution in [2.24, 2.45) is 5.92 Å². The molecule has 3 heterocycles. The van der Waals surface area contributed by atoms with Gasteiger partial charge in [-0.1, -0.05) is 44.2 Å². The molecule has 4 rings (SSSR count). The molecule has 0 N–H and O–H groups in total. The van der Waals surface area contributed by atoms with E-state index in [2.05, 4.69) is 24.0 Å². The first-order valence-electron chi connectivity index (χ1n) is 9.31. The maximum absolute atomic E-state index is 13.0. The van der Waals surface area contributed by atoms with E-state index >= 15 is 0 Å². The van der Waals surface area contributed by atoms with E-state index in [1.807, 2.05) is 53.0 Å². The summed E-state index contributed by atoms with van der Waals surface area (Å²) in [6.45, 7) is 7.75. The van der Waals surface area contributed by atoms with Crippen molar-refractivity contribution in [1.82, 2.24) is 29.4 Å². The van der Waals surface area contributed by atoms with Crippen LogP contribution in [0.4, 0.5) is 0 Å². The Morgan fingerprint density at radius 1 is 1.22 bits per heavy atom. The highest BCUT2D eigenvalue weighted by atomic mass is 16.2. The number of benzene rings is 1. The molecule has 0 unspecified atom stereocenters. The quantitative estimate of drug-likeness (QED) is 0.714.